The van der Waals surface area contributed by atoms with Gasteiger partial charge in [0, 0.05) is 34.0 Å². The van der Waals surface area contributed by atoms with Crippen molar-refractivity contribution < 1.29 is 32.2 Å². The van der Waals surface area contributed by atoms with E-state index >= 15 is 0 Å². The van der Waals surface area contributed by atoms with Crippen LogP contribution in [0.5, 0.6) is 5.88 Å². The van der Waals surface area contributed by atoms with Crippen molar-refractivity contribution in [3.63, 3.8) is 0 Å². The van der Waals surface area contributed by atoms with E-state index in [0.29, 0.717) is 35.3 Å². The van der Waals surface area contributed by atoms with Crippen molar-refractivity contribution in [3.05, 3.63) is 89.4 Å². The van der Waals surface area contributed by atoms with Crippen molar-refractivity contribution in [3.8, 4) is 11.7 Å². The molecule has 2 atom stereocenters. The zero-order valence-electron chi connectivity index (χ0n) is 26.7. The lowest BCUT2D eigenvalue weighted by molar-refractivity contribution is -0.226. The maximum Gasteiger partial charge on any atom is 0.327 e. The Bertz CT molecular complexity index is 1890. The first kappa shape index (κ1) is 34.2. The number of hydrogen-bond acceptors (Lipinski definition) is 9. The molecule has 1 saturated heterocycles. The molecule has 14 heteroatoms. The molecule has 0 radical (unpaired) electrons. The summed E-state index contributed by atoms with van der Waals surface area (Å²) in [6.07, 6.45) is 16.3. The predicted octanol–water partition coefficient (Wildman–Crippen LogP) is 6.17. The molecule has 2 aliphatic carbocycles. The summed E-state index contributed by atoms with van der Waals surface area (Å²) >= 11 is 12.4. The quantitative estimate of drug-likeness (QED) is 0.240. The summed E-state index contributed by atoms with van der Waals surface area (Å²) in [7, 11) is -4.15. The number of sulfonamides is 1. The number of allylic oxidation sites excluding steroid dienone is 6. The van der Waals surface area contributed by atoms with Gasteiger partial charge in [-0.15, -0.1) is 0 Å². The van der Waals surface area contributed by atoms with Crippen LogP contribution in [-0.2, 0) is 29.0 Å². The average Bonchev–Trinajstić information content (AvgIpc) is 3.47. The van der Waals surface area contributed by atoms with E-state index in [1.54, 1.807) is 51.4 Å². The molecule has 2 unspecified atom stereocenters. The minimum atomic E-state index is -4.15. The fraction of sp³-hybridized carbons (Fsp3) is 0.382. The van der Waals surface area contributed by atoms with Crippen LogP contribution in [-0.4, -0.2) is 71.9 Å². The van der Waals surface area contributed by atoms with E-state index in [9.17, 15) is 13.2 Å². The Kier molecular flexibility index (Phi) is 10.0. The largest absolute Gasteiger partial charge is 0.468 e. The molecule has 0 N–H and O–H groups in total. The zero-order valence-corrected chi connectivity index (χ0v) is 29.0. The molecule has 48 heavy (non-hydrogen) atoms. The molecule has 0 saturated carbocycles. The van der Waals surface area contributed by atoms with Crippen LogP contribution < -0.4 is 9.04 Å². The van der Waals surface area contributed by atoms with Gasteiger partial charge in [-0.1, -0.05) is 47.5 Å². The van der Waals surface area contributed by atoms with Gasteiger partial charge in [0.2, 0.25) is 15.9 Å². The third-order valence-corrected chi connectivity index (χ3v) is 10.3. The van der Waals surface area contributed by atoms with Crippen molar-refractivity contribution in [2.24, 2.45) is 5.92 Å². The van der Waals surface area contributed by atoms with Crippen LogP contribution in [0.3, 0.4) is 0 Å². The Balaban J connectivity index is 1.19. The number of ether oxygens (including phenoxy) is 4. The van der Waals surface area contributed by atoms with Crippen LogP contribution in [0.1, 0.15) is 33.6 Å². The van der Waals surface area contributed by atoms with Crippen molar-refractivity contribution >= 4 is 55.8 Å². The molecule has 1 fully saturated rings. The molecule has 254 valence electrons. The van der Waals surface area contributed by atoms with Crippen LogP contribution in [0.15, 0.2) is 89.4 Å². The van der Waals surface area contributed by atoms with E-state index in [2.05, 4.69) is 22.1 Å². The molecular formula is C34H36Cl2N4O7S. The smallest absolute Gasteiger partial charge is 0.327 e. The molecule has 1 aliphatic heterocycles. The Labute approximate surface area is 289 Å². The van der Waals surface area contributed by atoms with Crippen LogP contribution in [0.2, 0.25) is 0 Å². The normalized spacial score (nSPS) is 23.0. The van der Waals surface area contributed by atoms with E-state index in [0.717, 1.165) is 16.2 Å². The van der Waals surface area contributed by atoms with Gasteiger partial charge in [0.1, 0.15) is 23.5 Å². The Morgan fingerprint density at radius 2 is 1.90 bits per heavy atom. The number of hydrogen-bond donors (Lipinski definition) is 0. The summed E-state index contributed by atoms with van der Waals surface area (Å²) < 4.78 is 54.1. The minimum absolute atomic E-state index is 0.0269. The van der Waals surface area contributed by atoms with E-state index < -0.39 is 33.4 Å². The number of rotatable bonds is 9. The van der Waals surface area contributed by atoms with E-state index in [4.69, 9.17) is 42.1 Å². The van der Waals surface area contributed by atoms with Gasteiger partial charge in [0.15, 0.2) is 12.1 Å². The van der Waals surface area contributed by atoms with Gasteiger partial charge in [0.05, 0.1) is 36.8 Å². The highest BCUT2D eigenvalue weighted by Crippen LogP contribution is 2.33. The fourth-order valence-corrected chi connectivity index (χ4v) is 8.14. The van der Waals surface area contributed by atoms with E-state index in [1.165, 1.54) is 18.3 Å². The van der Waals surface area contributed by atoms with E-state index in [1.807, 2.05) is 22.8 Å². The Morgan fingerprint density at radius 1 is 1.10 bits per heavy atom. The number of carbonyl (C=O) groups excluding carboxylic acids is 1. The maximum atomic E-state index is 14.0. The Hall–Kier alpha value is -3.68. The number of esters is 1. The monoisotopic (exact) mass is 714 g/mol. The fourth-order valence-electron chi connectivity index (χ4n) is 5.63. The van der Waals surface area contributed by atoms with Gasteiger partial charge in [-0.05, 0) is 63.6 Å². The SMILES string of the molecule is CC(C)(C)OC(=O)CN(c1ccc2c(ccn2-c2cnc(OC3COC(C4C=CC=CC4)OC3)cn2)c1)S(=O)(=O)C1C=C(Cl)C=C(Cl)C1. The van der Waals surface area contributed by atoms with Crippen LogP contribution >= 0.6 is 23.2 Å². The first-order chi connectivity index (χ1) is 22.9. The third-order valence-electron chi connectivity index (χ3n) is 7.78. The second kappa shape index (κ2) is 14.0. The summed E-state index contributed by atoms with van der Waals surface area (Å²) in [5.74, 6) is 0.354. The zero-order chi connectivity index (χ0) is 34.1. The molecule has 6 rings (SSSR count). The molecule has 0 spiro atoms. The van der Waals surface area contributed by atoms with Crippen molar-refractivity contribution in [1.29, 1.82) is 0 Å². The lowest BCUT2D eigenvalue weighted by Gasteiger charge is -2.33. The highest BCUT2D eigenvalue weighted by molar-refractivity contribution is 7.93. The summed E-state index contributed by atoms with van der Waals surface area (Å²) in [6.45, 7) is 5.37. The van der Waals surface area contributed by atoms with Gasteiger partial charge in [0.25, 0.3) is 0 Å². The van der Waals surface area contributed by atoms with Gasteiger partial charge < -0.3 is 18.9 Å². The van der Waals surface area contributed by atoms with Gasteiger partial charge in [-0.3, -0.25) is 13.7 Å². The number of aromatic nitrogens is 3. The Morgan fingerprint density at radius 3 is 2.56 bits per heavy atom. The second-order valence-electron chi connectivity index (χ2n) is 12.7. The minimum Gasteiger partial charge on any atom is -0.468 e. The summed E-state index contributed by atoms with van der Waals surface area (Å²) in [5, 5.41) is 0.156. The molecule has 0 bridgehead atoms. The third kappa shape index (κ3) is 7.95. The number of nitrogens with zero attached hydrogens (tertiary/aromatic N) is 4. The lowest BCUT2D eigenvalue weighted by atomic mass is 10.00. The number of fused-ring (bicyclic) bond motifs is 1. The summed E-state index contributed by atoms with van der Waals surface area (Å²) in [4.78, 5) is 21.9. The number of halogens is 2. The van der Waals surface area contributed by atoms with Crippen LogP contribution in [0, 0.1) is 5.92 Å². The maximum absolute atomic E-state index is 14.0. The molecule has 11 nitrogen and oxygen atoms in total. The first-order valence-corrected chi connectivity index (χ1v) is 17.8. The highest BCUT2D eigenvalue weighted by atomic mass is 35.5. The molecule has 3 heterocycles. The van der Waals surface area contributed by atoms with Crippen molar-refractivity contribution in [1.82, 2.24) is 14.5 Å². The second-order valence-corrected chi connectivity index (χ2v) is 15.7. The average molecular weight is 716 g/mol. The molecular weight excluding hydrogens is 679 g/mol. The number of anilines is 1. The molecule has 0 amide bonds. The van der Waals surface area contributed by atoms with Crippen molar-refractivity contribution in [2.75, 3.05) is 24.1 Å². The van der Waals surface area contributed by atoms with E-state index in [-0.39, 0.29) is 35.5 Å². The van der Waals surface area contributed by atoms with Crippen LogP contribution in [0.25, 0.3) is 16.7 Å². The number of carbonyl (C=O) groups is 1. The first-order valence-electron chi connectivity index (χ1n) is 15.5. The predicted molar refractivity (Wildman–Crippen MR) is 184 cm³/mol. The van der Waals surface area contributed by atoms with Crippen LogP contribution in [0.4, 0.5) is 5.69 Å². The molecule has 2 aromatic heterocycles. The van der Waals surface area contributed by atoms with Gasteiger partial charge >= 0.3 is 5.97 Å². The molecule has 1 aromatic carbocycles. The lowest BCUT2D eigenvalue weighted by Crippen LogP contribution is -2.43. The van der Waals surface area contributed by atoms with Gasteiger partial charge in [-0.2, -0.15) is 0 Å². The molecule has 3 aliphatic rings. The number of benzene rings is 1. The topological polar surface area (TPSA) is 122 Å². The summed E-state index contributed by atoms with van der Waals surface area (Å²) in [5.41, 5.74) is 0.224. The highest BCUT2D eigenvalue weighted by Gasteiger charge is 2.36. The molecule has 3 aromatic rings. The summed E-state index contributed by atoms with van der Waals surface area (Å²) in [6, 6.07) is 6.91. The van der Waals surface area contributed by atoms with Gasteiger partial charge in [-0.25, -0.2) is 18.4 Å². The standard InChI is InChI=1S/C34H36Cl2N4O7S/c1-34(2,3)47-32(41)19-40(48(42,43)28-15-24(35)14-25(36)16-28)26-9-10-29-23(13-26)11-12-39(29)30-17-38-31(18-37-30)46-27-20-44-33(45-21-27)22-7-5-4-6-8-22/h4-7,9-15,17-18,22,27-28,33H,8,16,19-21H2,1-3H3. The van der Waals surface area contributed by atoms with Crippen molar-refractivity contribution in [2.45, 2.75) is 56.9 Å².